The van der Waals surface area contributed by atoms with Crippen LogP contribution in [0.1, 0.15) is 0 Å². The first-order valence-electron chi connectivity index (χ1n) is 16.0. The molecule has 0 aliphatic heterocycles. The largest absolute Gasteiger partial charge is 0.294 e. The van der Waals surface area contributed by atoms with Gasteiger partial charge in [0.2, 0.25) is 0 Å². The minimum absolute atomic E-state index is 0.617. The molecule has 6 nitrogen and oxygen atoms in total. The van der Waals surface area contributed by atoms with Crippen LogP contribution in [-0.2, 0) is 0 Å². The van der Waals surface area contributed by atoms with Gasteiger partial charge in [-0.3, -0.25) is 8.97 Å². The Balaban J connectivity index is 1.26. The van der Waals surface area contributed by atoms with Crippen LogP contribution in [0.3, 0.4) is 0 Å². The van der Waals surface area contributed by atoms with Crippen molar-refractivity contribution in [3.63, 3.8) is 0 Å². The van der Waals surface area contributed by atoms with E-state index in [9.17, 15) is 0 Å². The Hall–Kier alpha value is -6.66. The van der Waals surface area contributed by atoms with Crippen molar-refractivity contribution in [2.45, 2.75) is 0 Å². The van der Waals surface area contributed by atoms with Gasteiger partial charge in [0.1, 0.15) is 11.2 Å². The molecular formula is C42H26N6. The van der Waals surface area contributed by atoms with Crippen molar-refractivity contribution in [1.29, 1.82) is 0 Å². The number of nitrogens with zero attached hydrogens (tertiary/aromatic N) is 6. The summed E-state index contributed by atoms with van der Waals surface area (Å²) < 4.78 is 4.65. The van der Waals surface area contributed by atoms with Crippen molar-refractivity contribution in [2.24, 2.45) is 0 Å². The molecule has 48 heavy (non-hydrogen) atoms. The molecule has 0 amide bonds. The maximum atomic E-state index is 5.35. The molecule has 10 rings (SSSR count). The molecule has 0 aliphatic carbocycles. The number of rotatable bonds is 4. The third-order valence-electron chi connectivity index (χ3n) is 9.13. The average molecular weight is 615 g/mol. The van der Waals surface area contributed by atoms with Crippen LogP contribution in [0.15, 0.2) is 158 Å². The van der Waals surface area contributed by atoms with E-state index in [4.69, 9.17) is 19.9 Å². The van der Waals surface area contributed by atoms with E-state index in [2.05, 4.69) is 106 Å². The minimum atomic E-state index is 0.617. The molecule has 0 aliphatic rings. The van der Waals surface area contributed by atoms with Gasteiger partial charge in [-0.1, -0.05) is 133 Å². The van der Waals surface area contributed by atoms with E-state index < -0.39 is 0 Å². The lowest BCUT2D eigenvalue weighted by Gasteiger charge is -2.13. The summed E-state index contributed by atoms with van der Waals surface area (Å²) in [7, 11) is 0. The zero-order valence-corrected chi connectivity index (χ0v) is 25.7. The lowest BCUT2D eigenvalue weighted by atomic mass is 10.1. The predicted octanol–water partition coefficient (Wildman–Crippen LogP) is 9.92. The number of para-hydroxylation sites is 2. The first-order chi connectivity index (χ1) is 23.8. The van der Waals surface area contributed by atoms with Gasteiger partial charge >= 0.3 is 0 Å². The summed E-state index contributed by atoms with van der Waals surface area (Å²) in [6.45, 7) is 0. The van der Waals surface area contributed by atoms with Gasteiger partial charge in [-0.2, -0.15) is 0 Å². The van der Waals surface area contributed by atoms with Crippen molar-refractivity contribution in [1.82, 2.24) is 28.9 Å². The molecule has 0 atom stereocenters. The number of pyridine rings is 1. The highest BCUT2D eigenvalue weighted by Gasteiger charge is 2.22. The number of fused-ring (bicyclic) bond motifs is 10. The van der Waals surface area contributed by atoms with Crippen LogP contribution in [0.5, 0.6) is 0 Å². The summed E-state index contributed by atoms with van der Waals surface area (Å²) in [5.74, 6) is 1.89. The summed E-state index contributed by atoms with van der Waals surface area (Å²) >= 11 is 0. The van der Waals surface area contributed by atoms with Gasteiger partial charge in [0.15, 0.2) is 23.1 Å². The molecule has 0 spiro atoms. The second kappa shape index (κ2) is 10.4. The van der Waals surface area contributed by atoms with Gasteiger partial charge in [-0.15, -0.1) is 0 Å². The number of hydrogen-bond acceptors (Lipinski definition) is 4. The Morgan fingerprint density at radius 2 is 0.896 bits per heavy atom. The summed E-state index contributed by atoms with van der Waals surface area (Å²) in [5, 5.41) is 4.62. The van der Waals surface area contributed by atoms with Crippen LogP contribution in [0.25, 0.3) is 89.2 Å². The zero-order valence-electron chi connectivity index (χ0n) is 25.7. The Morgan fingerprint density at radius 3 is 1.58 bits per heavy atom. The Kier molecular flexibility index (Phi) is 5.77. The fraction of sp³-hybridized carbons (Fsp3) is 0. The van der Waals surface area contributed by atoms with Gasteiger partial charge in [-0.05, 0) is 29.7 Å². The van der Waals surface area contributed by atoms with Gasteiger partial charge in [-0.25, -0.2) is 19.9 Å². The highest BCUT2D eigenvalue weighted by atomic mass is 15.2. The van der Waals surface area contributed by atoms with E-state index in [-0.39, 0.29) is 0 Å². The molecule has 0 bridgehead atoms. The summed E-state index contributed by atoms with van der Waals surface area (Å²) in [6.07, 6.45) is 0. The molecule has 0 saturated heterocycles. The fourth-order valence-electron chi connectivity index (χ4n) is 6.98. The Bertz CT molecular complexity index is 2780. The average Bonchev–Trinajstić information content (AvgIpc) is 3.71. The maximum absolute atomic E-state index is 5.35. The molecule has 4 aromatic heterocycles. The number of aromatic nitrogens is 6. The van der Waals surface area contributed by atoms with Gasteiger partial charge in [0.25, 0.3) is 0 Å². The Morgan fingerprint density at radius 1 is 0.375 bits per heavy atom. The van der Waals surface area contributed by atoms with Crippen molar-refractivity contribution < 1.29 is 0 Å². The maximum Gasteiger partial charge on any atom is 0.164 e. The Labute approximate surface area is 275 Å². The molecule has 224 valence electrons. The van der Waals surface area contributed by atoms with Crippen LogP contribution in [-0.4, -0.2) is 28.9 Å². The second-order valence-corrected chi connectivity index (χ2v) is 11.9. The van der Waals surface area contributed by atoms with Crippen molar-refractivity contribution in [3.8, 4) is 39.9 Å². The summed E-state index contributed by atoms with van der Waals surface area (Å²) in [4.78, 5) is 20.3. The lowest BCUT2D eigenvalue weighted by molar-refractivity contribution is 1.07. The molecule has 6 heteroatoms. The lowest BCUT2D eigenvalue weighted by Crippen LogP contribution is -2.02. The van der Waals surface area contributed by atoms with Crippen molar-refractivity contribution in [2.75, 3.05) is 0 Å². The van der Waals surface area contributed by atoms with Gasteiger partial charge in [0, 0.05) is 38.5 Å². The van der Waals surface area contributed by atoms with E-state index in [1.807, 2.05) is 60.7 Å². The minimum Gasteiger partial charge on any atom is -0.294 e. The molecule has 0 unspecified atom stereocenters. The SMILES string of the molecule is c1ccc(-c2nc(-c3ccccc3)nc(-c3cccc(-n4c5ccccc5c5nc6c7ccccc7c7ccccc7n6c54)c3)n2)cc1. The molecule has 4 heterocycles. The number of benzene rings is 6. The van der Waals surface area contributed by atoms with Crippen LogP contribution in [0.4, 0.5) is 0 Å². The van der Waals surface area contributed by atoms with E-state index >= 15 is 0 Å². The monoisotopic (exact) mass is 614 g/mol. The van der Waals surface area contributed by atoms with Crippen LogP contribution in [0, 0.1) is 0 Å². The van der Waals surface area contributed by atoms with E-state index in [0.29, 0.717) is 17.5 Å². The normalized spacial score (nSPS) is 11.8. The molecule has 6 aromatic carbocycles. The quantitative estimate of drug-likeness (QED) is 0.185. The first kappa shape index (κ1) is 26.5. The third-order valence-corrected chi connectivity index (χ3v) is 9.13. The molecule has 0 radical (unpaired) electrons. The van der Waals surface area contributed by atoms with Crippen molar-refractivity contribution in [3.05, 3.63) is 158 Å². The van der Waals surface area contributed by atoms with E-state index in [1.54, 1.807) is 0 Å². The highest BCUT2D eigenvalue weighted by molar-refractivity contribution is 6.16. The first-order valence-corrected chi connectivity index (χ1v) is 16.0. The van der Waals surface area contributed by atoms with E-state index in [0.717, 1.165) is 61.0 Å². The van der Waals surface area contributed by atoms with Crippen LogP contribution >= 0.6 is 0 Å². The fourth-order valence-corrected chi connectivity index (χ4v) is 6.98. The summed E-state index contributed by atoms with van der Waals surface area (Å²) in [6, 6.07) is 54.3. The molecular weight excluding hydrogens is 589 g/mol. The topological polar surface area (TPSA) is 60.9 Å². The standard InChI is InChI=1S/C42H26N6/c1-3-14-27(15-4-1)38-44-39(28-16-5-2-6-17-28)46-40(45-38)29-18-13-19-30(26-29)47-36-25-12-10-23-34(36)37-42(47)48-35-24-11-9-21-32(35)31-20-7-8-22-33(31)41(48)43-37/h1-26H. The van der Waals surface area contributed by atoms with Crippen LogP contribution < -0.4 is 0 Å². The van der Waals surface area contributed by atoms with Gasteiger partial charge in [0.05, 0.1) is 11.0 Å². The van der Waals surface area contributed by atoms with Crippen LogP contribution in [0.2, 0.25) is 0 Å². The molecule has 0 N–H and O–H groups in total. The van der Waals surface area contributed by atoms with Crippen molar-refractivity contribution >= 4 is 49.4 Å². The third kappa shape index (κ3) is 3.99. The second-order valence-electron chi connectivity index (χ2n) is 11.9. The molecule has 0 saturated carbocycles. The number of imidazole rings is 1. The predicted molar refractivity (Wildman–Crippen MR) is 194 cm³/mol. The smallest absolute Gasteiger partial charge is 0.164 e. The van der Waals surface area contributed by atoms with E-state index in [1.165, 1.54) is 10.8 Å². The highest BCUT2D eigenvalue weighted by Crippen LogP contribution is 2.38. The molecule has 0 fully saturated rings. The molecule has 10 aromatic rings. The zero-order chi connectivity index (χ0) is 31.6. The number of hydrogen-bond donors (Lipinski definition) is 0. The van der Waals surface area contributed by atoms with Gasteiger partial charge < -0.3 is 0 Å². The summed E-state index contributed by atoms with van der Waals surface area (Å²) in [5.41, 5.74) is 8.93.